The van der Waals surface area contributed by atoms with Crippen LogP contribution < -0.4 is 0 Å². The van der Waals surface area contributed by atoms with Crippen LogP contribution in [0.15, 0.2) is 12.2 Å². The highest BCUT2D eigenvalue weighted by Gasteiger charge is 2.35. The highest BCUT2D eigenvalue weighted by atomic mass is 33.1. The summed E-state index contributed by atoms with van der Waals surface area (Å²) in [6.45, 7) is 10.7. The molecular formula is C52H104N2S2. The molecule has 0 aromatic carbocycles. The minimum atomic E-state index is 0.799. The molecule has 0 aromatic heterocycles. The van der Waals surface area contributed by atoms with Crippen LogP contribution in [0.25, 0.3) is 0 Å². The highest BCUT2D eigenvalue weighted by molar-refractivity contribution is 8.76. The van der Waals surface area contributed by atoms with Crippen molar-refractivity contribution in [3.05, 3.63) is 12.2 Å². The number of nitrogens with zero attached hydrogens (tertiary/aromatic N) is 2. The lowest BCUT2D eigenvalue weighted by molar-refractivity contribution is 0.221. The van der Waals surface area contributed by atoms with Gasteiger partial charge in [-0.05, 0) is 83.8 Å². The maximum absolute atomic E-state index is 2.75. The number of unbranched alkanes of at least 4 members (excludes halogenated alkanes) is 27. The van der Waals surface area contributed by atoms with Gasteiger partial charge in [0, 0.05) is 30.6 Å². The fraction of sp³-hybridized carbons (Fsp3) is 0.962. The van der Waals surface area contributed by atoms with E-state index < -0.39 is 0 Å². The zero-order chi connectivity index (χ0) is 40.4. The van der Waals surface area contributed by atoms with Crippen LogP contribution in [0.3, 0.4) is 0 Å². The Bertz CT molecular complexity index is 789. The maximum Gasteiger partial charge on any atom is 0.0165 e. The molecule has 0 saturated heterocycles. The number of hydrogen-bond donors (Lipinski definition) is 0. The first-order valence-electron chi connectivity index (χ1n) is 25.9. The summed E-state index contributed by atoms with van der Waals surface area (Å²) in [6, 6.07) is 0.799. The summed E-state index contributed by atoms with van der Waals surface area (Å²) >= 11 is 0. The van der Waals surface area contributed by atoms with E-state index in [-0.39, 0.29) is 0 Å². The van der Waals surface area contributed by atoms with Crippen molar-refractivity contribution in [2.24, 2.45) is 11.8 Å². The first kappa shape index (κ1) is 54.4. The third-order valence-corrected chi connectivity index (χ3v) is 15.5. The molecule has 1 fully saturated rings. The lowest BCUT2D eigenvalue weighted by Crippen LogP contribution is -2.33. The normalized spacial score (nSPS) is 16.3. The van der Waals surface area contributed by atoms with Gasteiger partial charge < -0.3 is 9.80 Å². The summed E-state index contributed by atoms with van der Waals surface area (Å²) in [6.07, 6.45) is 58.0. The lowest BCUT2D eigenvalue weighted by Gasteiger charge is -2.28. The molecule has 0 heterocycles. The monoisotopic (exact) mass is 821 g/mol. The minimum Gasteiger partial charge on any atom is -0.306 e. The second-order valence-corrected chi connectivity index (χ2v) is 21.3. The van der Waals surface area contributed by atoms with Crippen LogP contribution in [-0.2, 0) is 0 Å². The molecule has 0 spiro atoms. The first-order chi connectivity index (χ1) is 27.6. The van der Waals surface area contributed by atoms with Crippen molar-refractivity contribution >= 4 is 21.6 Å². The second kappa shape index (κ2) is 43.4. The summed E-state index contributed by atoms with van der Waals surface area (Å²) in [4.78, 5) is 5.33. The zero-order valence-corrected chi connectivity index (χ0v) is 40.9. The third kappa shape index (κ3) is 37.4. The Hall–Kier alpha value is 0.360. The number of allylic oxidation sites excluding steroid dienone is 2. The molecule has 3 unspecified atom stereocenters. The van der Waals surface area contributed by atoms with Crippen LogP contribution in [-0.4, -0.2) is 61.1 Å². The summed E-state index contributed by atoms with van der Waals surface area (Å²) in [7, 11) is 9.02. The Labute approximate surface area is 363 Å². The molecular weight excluding hydrogens is 717 g/mol. The van der Waals surface area contributed by atoms with E-state index in [1.807, 2.05) is 0 Å². The molecule has 0 aromatic rings. The largest absolute Gasteiger partial charge is 0.306 e. The number of rotatable bonds is 47. The average Bonchev–Trinajstić information content (AvgIpc) is 3.96. The van der Waals surface area contributed by atoms with E-state index in [1.54, 1.807) is 6.42 Å². The average molecular weight is 822 g/mol. The molecule has 0 bridgehead atoms. The van der Waals surface area contributed by atoms with Crippen molar-refractivity contribution in [2.45, 2.75) is 264 Å². The SMILES string of the molecule is CCCCCCCC/C=C\CCCCCCCCN(C)CCSSCCN(C)C(CCCCCCCCC)CCCCCCCC1CC1CCCCCCCC. The fourth-order valence-electron chi connectivity index (χ4n) is 8.86. The summed E-state index contributed by atoms with van der Waals surface area (Å²) in [5, 5.41) is 0. The first-order valence-corrected chi connectivity index (χ1v) is 28.4. The second-order valence-electron chi connectivity index (χ2n) is 18.6. The predicted molar refractivity (Wildman–Crippen MR) is 263 cm³/mol. The molecule has 1 saturated carbocycles. The fourth-order valence-corrected chi connectivity index (χ4v) is 11.0. The van der Waals surface area contributed by atoms with Crippen molar-refractivity contribution in [3.8, 4) is 0 Å². The van der Waals surface area contributed by atoms with Gasteiger partial charge in [0.25, 0.3) is 0 Å². The summed E-state index contributed by atoms with van der Waals surface area (Å²) in [5.41, 5.74) is 0. The van der Waals surface area contributed by atoms with Crippen molar-refractivity contribution in [3.63, 3.8) is 0 Å². The molecule has 4 heteroatoms. The molecule has 1 aliphatic rings. The Kier molecular flexibility index (Phi) is 42.2. The van der Waals surface area contributed by atoms with Gasteiger partial charge in [0.05, 0.1) is 0 Å². The van der Waals surface area contributed by atoms with Crippen molar-refractivity contribution in [1.82, 2.24) is 9.80 Å². The van der Waals surface area contributed by atoms with Crippen LogP contribution in [0.2, 0.25) is 0 Å². The van der Waals surface area contributed by atoms with Crippen LogP contribution in [0.5, 0.6) is 0 Å². The molecule has 0 radical (unpaired) electrons. The van der Waals surface area contributed by atoms with Gasteiger partial charge in [-0.3, -0.25) is 0 Å². The predicted octanol–water partition coefficient (Wildman–Crippen LogP) is 17.9. The van der Waals surface area contributed by atoms with Gasteiger partial charge in [0.2, 0.25) is 0 Å². The highest BCUT2D eigenvalue weighted by Crippen LogP contribution is 2.45. The van der Waals surface area contributed by atoms with Crippen molar-refractivity contribution in [1.29, 1.82) is 0 Å². The van der Waals surface area contributed by atoms with E-state index in [4.69, 9.17) is 0 Å². The quantitative estimate of drug-likeness (QED) is 0.0343. The Morgan fingerprint density at radius 3 is 1.27 bits per heavy atom. The van der Waals surface area contributed by atoms with Crippen LogP contribution >= 0.6 is 21.6 Å². The van der Waals surface area contributed by atoms with E-state index in [0.29, 0.717) is 0 Å². The molecule has 0 N–H and O–H groups in total. The van der Waals surface area contributed by atoms with Crippen LogP contribution in [0, 0.1) is 11.8 Å². The van der Waals surface area contributed by atoms with Gasteiger partial charge in [-0.15, -0.1) is 0 Å². The Morgan fingerprint density at radius 2 is 0.804 bits per heavy atom. The molecule has 0 aliphatic heterocycles. The van der Waals surface area contributed by atoms with E-state index in [1.165, 1.54) is 262 Å². The van der Waals surface area contributed by atoms with Gasteiger partial charge in [0.15, 0.2) is 0 Å². The van der Waals surface area contributed by atoms with Crippen molar-refractivity contribution < 1.29 is 0 Å². The topological polar surface area (TPSA) is 6.48 Å². The minimum absolute atomic E-state index is 0.799. The summed E-state index contributed by atoms with van der Waals surface area (Å²) in [5.74, 6) is 4.75. The van der Waals surface area contributed by atoms with Gasteiger partial charge >= 0.3 is 0 Å². The van der Waals surface area contributed by atoms with E-state index >= 15 is 0 Å². The standard InChI is InChI=1S/C52H104N2S2/c1-6-9-12-15-18-19-20-21-22-23-24-25-26-28-34-39-44-53(4)45-47-55-56-48-46-54(5)52(42-37-32-27-16-13-10-7-2)43-38-33-29-31-36-41-51-49-50(51)40-35-30-17-14-11-8-3/h21-22,50-52H,6-20,23-49H2,1-5H3/b22-21-. The van der Waals surface area contributed by atoms with E-state index in [0.717, 1.165) is 17.9 Å². The maximum atomic E-state index is 2.75. The van der Waals surface area contributed by atoms with Gasteiger partial charge in [0.1, 0.15) is 0 Å². The molecule has 0 amide bonds. The molecule has 56 heavy (non-hydrogen) atoms. The van der Waals surface area contributed by atoms with E-state index in [2.05, 4.69) is 78.4 Å². The molecule has 3 atom stereocenters. The molecule has 334 valence electrons. The molecule has 1 rings (SSSR count). The van der Waals surface area contributed by atoms with Crippen LogP contribution in [0.4, 0.5) is 0 Å². The smallest absolute Gasteiger partial charge is 0.0165 e. The Morgan fingerprint density at radius 1 is 0.429 bits per heavy atom. The summed E-state index contributed by atoms with van der Waals surface area (Å²) < 4.78 is 0. The molecule has 2 nitrogen and oxygen atoms in total. The van der Waals surface area contributed by atoms with E-state index in [9.17, 15) is 0 Å². The zero-order valence-electron chi connectivity index (χ0n) is 39.3. The molecule has 1 aliphatic carbocycles. The third-order valence-electron chi connectivity index (χ3n) is 13.1. The lowest BCUT2D eigenvalue weighted by atomic mass is 9.98. The number of hydrogen-bond acceptors (Lipinski definition) is 4. The van der Waals surface area contributed by atoms with Crippen molar-refractivity contribution in [2.75, 3.05) is 45.2 Å². The van der Waals surface area contributed by atoms with Gasteiger partial charge in [-0.25, -0.2) is 0 Å². The van der Waals surface area contributed by atoms with Crippen LogP contribution in [0.1, 0.15) is 258 Å². The van der Waals surface area contributed by atoms with Gasteiger partial charge in [-0.1, -0.05) is 241 Å². The van der Waals surface area contributed by atoms with Gasteiger partial charge in [-0.2, -0.15) is 0 Å². The Balaban J connectivity index is 2.07.